The molecule has 3 aromatic rings. The quantitative estimate of drug-likeness (QED) is 0.629. The van der Waals surface area contributed by atoms with Crippen LogP contribution in [0.3, 0.4) is 0 Å². The summed E-state index contributed by atoms with van der Waals surface area (Å²) >= 11 is 1.55. The number of hydrogen-bond donors (Lipinski definition) is 1. The van der Waals surface area contributed by atoms with Crippen LogP contribution in [0.4, 0.5) is 5.00 Å². The maximum atomic E-state index is 12.8. The first-order valence-electron chi connectivity index (χ1n) is 9.62. The summed E-state index contributed by atoms with van der Waals surface area (Å²) in [6, 6.07) is 16.9. The number of anilines is 1. The van der Waals surface area contributed by atoms with E-state index in [9.17, 15) is 10.1 Å². The topological polar surface area (TPSA) is 56.1 Å². The van der Waals surface area contributed by atoms with Crippen molar-refractivity contribution in [3.8, 4) is 6.07 Å². The van der Waals surface area contributed by atoms with E-state index in [1.807, 2.05) is 30.3 Å². The molecule has 0 atom stereocenters. The average Bonchev–Trinajstić information content (AvgIpc) is 3.04. The van der Waals surface area contributed by atoms with Crippen LogP contribution in [0.15, 0.2) is 42.5 Å². The number of rotatable bonds is 4. The molecule has 29 heavy (non-hydrogen) atoms. The van der Waals surface area contributed by atoms with E-state index in [-0.39, 0.29) is 18.3 Å². The fraction of sp³-hybridized carbons (Fsp3) is 0.304. The molecule has 0 bridgehead atoms. The van der Waals surface area contributed by atoms with Crippen LogP contribution in [0.5, 0.6) is 0 Å². The smallest absolute Gasteiger partial charge is 0.229 e. The molecule has 1 N–H and O–H groups in total. The van der Waals surface area contributed by atoms with Crippen molar-refractivity contribution in [2.45, 2.75) is 39.3 Å². The summed E-state index contributed by atoms with van der Waals surface area (Å²) in [4.78, 5) is 16.4. The minimum absolute atomic E-state index is 0. The Hall–Kier alpha value is -2.39. The van der Waals surface area contributed by atoms with E-state index in [4.69, 9.17) is 0 Å². The third-order valence-corrected chi connectivity index (χ3v) is 6.54. The van der Waals surface area contributed by atoms with Gasteiger partial charge in [0.1, 0.15) is 11.1 Å². The summed E-state index contributed by atoms with van der Waals surface area (Å²) in [6.45, 7) is 6.19. The van der Waals surface area contributed by atoms with E-state index < -0.39 is 0 Å². The Morgan fingerprint density at radius 2 is 2.00 bits per heavy atom. The van der Waals surface area contributed by atoms with E-state index >= 15 is 0 Å². The van der Waals surface area contributed by atoms with Crippen molar-refractivity contribution in [1.29, 1.82) is 5.26 Å². The minimum Gasteiger partial charge on any atom is -0.316 e. The Labute approximate surface area is 181 Å². The van der Waals surface area contributed by atoms with Crippen LogP contribution in [0, 0.1) is 11.3 Å². The SMILES string of the molecule is CC(C)N1CCc2c(sc(NC(=O)Cc3cccc4ccccc34)c2C#N)C1.Cl. The third kappa shape index (κ3) is 4.30. The van der Waals surface area contributed by atoms with Crippen LogP contribution >= 0.6 is 23.7 Å². The zero-order valence-corrected chi connectivity index (χ0v) is 18.2. The highest BCUT2D eigenvalue weighted by atomic mass is 35.5. The lowest BCUT2D eigenvalue weighted by molar-refractivity contribution is -0.115. The van der Waals surface area contributed by atoms with Gasteiger partial charge in [0, 0.05) is 24.0 Å². The molecule has 0 fully saturated rings. The maximum absolute atomic E-state index is 12.8. The van der Waals surface area contributed by atoms with Gasteiger partial charge < -0.3 is 5.32 Å². The number of hydrogen-bond acceptors (Lipinski definition) is 4. The molecule has 4 nitrogen and oxygen atoms in total. The minimum atomic E-state index is -0.0767. The Kier molecular flexibility index (Phi) is 6.59. The first-order valence-corrected chi connectivity index (χ1v) is 10.4. The number of benzene rings is 2. The molecular formula is C23H24ClN3OS. The number of nitrogens with zero attached hydrogens (tertiary/aromatic N) is 2. The summed E-state index contributed by atoms with van der Waals surface area (Å²) in [7, 11) is 0. The lowest BCUT2D eigenvalue weighted by atomic mass is 10.0. The van der Waals surface area contributed by atoms with Crippen molar-refractivity contribution in [3.63, 3.8) is 0 Å². The molecule has 0 saturated heterocycles. The van der Waals surface area contributed by atoms with E-state index in [0.717, 1.165) is 41.4 Å². The van der Waals surface area contributed by atoms with E-state index in [0.29, 0.717) is 23.0 Å². The fourth-order valence-corrected chi connectivity index (χ4v) is 5.10. The standard InChI is InChI=1S/C23H23N3OS.ClH/c1-15(2)26-11-10-19-20(13-24)23(28-21(19)14-26)25-22(27)12-17-8-5-7-16-6-3-4-9-18(16)17;/h3-9,15H,10-12,14H2,1-2H3,(H,25,27);1H. The third-order valence-electron chi connectivity index (χ3n) is 5.41. The van der Waals surface area contributed by atoms with Gasteiger partial charge in [0.15, 0.2) is 0 Å². The van der Waals surface area contributed by atoms with Gasteiger partial charge in [0.2, 0.25) is 5.91 Å². The van der Waals surface area contributed by atoms with Gasteiger partial charge in [-0.1, -0.05) is 42.5 Å². The average molecular weight is 426 g/mol. The highest BCUT2D eigenvalue weighted by Crippen LogP contribution is 2.37. The number of thiophene rings is 1. The van der Waals surface area contributed by atoms with Crippen molar-refractivity contribution in [2.24, 2.45) is 0 Å². The molecule has 0 unspecified atom stereocenters. The van der Waals surface area contributed by atoms with Gasteiger partial charge in [-0.25, -0.2) is 0 Å². The molecule has 1 amide bonds. The second-order valence-corrected chi connectivity index (χ2v) is 8.60. The van der Waals surface area contributed by atoms with Crippen LogP contribution in [-0.4, -0.2) is 23.4 Å². The second kappa shape index (κ2) is 8.96. The molecule has 2 heterocycles. The van der Waals surface area contributed by atoms with E-state index in [1.54, 1.807) is 11.3 Å². The summed E-state index contributed by atoms with van der Waals surface area (Å²) in [5.74, 6) is -0.0767. The largest absolute Gasteiger partial charge is 0.316 e. The Morgan fingerprint density at radius 1 is 1.24 bits per heavy atom. The number of nitriles is 1. The molecule has 0 saturated carbocycles. The Balaban J connectivity index is 0.00000240. The number of carbonyl (C=O) groups excluding carboxylic acids is 1. The molecule has 150 valence electrons. The molecule has 2 aromatic carbocycles. The van der Waals surface area contributed by atoms with Crippen LogP contribution < -0.4 is 5.32 Å². The van der Waals surface area contributed by atoms with Gasteiger partial charge in [0.25, 0.3) is 0 Å². The zero-order valence-electron chi connectivity index (χ0n) is 16.6. The highest BCUT2D eigenvalue weighted by Gasteiger charge is 2.26. The van der Waals surface area contributed by atoms with Crippen molar-refractivity contribution in [2.75, 3.05) is 11.9 Å². The van der Waals surface area contributed by atoms with Gasteiger partial charge in [-0.15, -0.1) is 23.7 Å². The van der Waals surface area contributed by atoms with Crippen molar-refractivity contribution < 1.29 is 4.79 Å². The van der Waals surface area contributed by atoms with Gasteiger partial charge >= 0.3 is 0 Å². The van der Waals surface area contributed by atoms with Crippen molar-refractivity contribution >= 4 is 45.4 Å². The number of halogens is 1. The molecule has 0 spiro atoms. The molecule has 0 aliphatic carbocycles. The number of fused-ring (bicyclic) bond motifs is 2. The summed E-state index contributed by atoms with van der Waals surface area (Å²) in [5, 5.41) is 15.6. The van der Waals surface area contributed by atoms with Crippen LogP contribution in [0.25, 0.3) is 10.8 Å². The highest BCUT2D eigenvalue weighted by molar-refractivity contribution is 7.16. The van der Waals surface area contributed by atoms with Crippen LogP contribution in [0.2, 0.25) is 0 Å². The molecule has 0 radical (unpaired) electrons. The van der Waals surface area contributed by atoms with Crippen LogP contribution in [-0.2, 0) is 24.2 Å². The lowest BCUT2D eigenvalue weighted by Gasteiger charge is -2.30. The molecule has 1 aliphatic heterocycles. The summed E-state index contributed by atoms with van der Waals surface area (Å²) in [6.07, 6.45) is 1.17. The second-order valence-electron chi connectivity index (χ2n) is 7.50. The summed E-state index contributed by atoms with van der Waals surface area (Å²) < 4.78 is 0. The Morgan fingerprint density at radius 3 is 2.76 bits per heavy atom. The Bertz CT molecular complexity index is 1080. The van der Waals surface area contributed by atoms with Gasteiger partial charge in [-0.05, 0) is 42.2 Å². The van der Waals surface area contributed by atoms with E-state index in [1.165, 1.54) is 4.88 Å². The molecule has 1 aliphatic rings. The number of carbonyl (C=O) groups is 1. The predicted molar refractivity (Wildman–Crippen MR) is 122 cm³/mol. The molecule has 1 aromatic heterocycles. The first-order chi connectivity index (χ1) is 13.6. The van der Waals surface area contributed by atoms with Crippen molar-refractivity contribution in [3.05, 3.63) is 64.0 Å². The first kappa shape index (κ1) is 21.3. The number of nitrogens with one attached hydrogen (secondary N) is 1. The predicted octanol–water partition coefficient (Wildman–Crippen LogP) is 5.14. The fourth-order valence-electron chi connectivity index (χ4n) is 3.86. The van der Waals surface area contributed by atoms with Gasteiger partial charge in [0.05, 0.1) is 12.0 Å². The van der Waals surface area contributed by atoms with Crippen LogP contribution in [0.1, 0.15) is 35.4 Å². The van der Waals surface area contributed by atoms with Gasteiger partial charge in [-0.3, -0.25) is 9.69 Å². The van der Waals surface area contributed by atoms with Crippen molar-refractivity contribution in [1.82, 2.24) is 4.90 Å². The van der Waals surface area contributed by atoms with Gasteiger partial charge in [-0.2, -0.15) is 5.26 Å². The number of amides is 1. The summed E-state index contributed by atoms with van der Waals surface area (Å²) in [5.41, 5.74) is 2.76. The molecule has 6 heteroatoms. The molecule has 4 rings (SSSR count). The molecular weight excluding hydrogens is 402 g/mol. The monoisotopic (exact) mass is 425 g/mol. The normalized spacial score (nSPS) is 13.6. The van der Waals surface area contributed by atoms with E-state index in [2.05, 4.69) is 42.3 Å². The zero-order chi connectivity index (χ0) is 19.7. The maximum Gasteiger partial charge on any atom is 0.229 e. The lowest BCUT2D eigenvalue weighted by Crippen LogP contribution is -2.35.